The number of thioether (sulfide) groups is 1. The molecule has 2 aromatic carbocycles. The van der Waals surface area contributed by atoms with E-state index in [9.17, 15) is 4.79 Å². The minimum absolute atomic E-state index is 0.349. The second-order valence-corrected chi connectivity index (χ2v) is 8.77. The van der Waals surface area contributed by atoms with Gasteiger partial charge in [-0.25, -0.2) is 4.79 Å². The number of nitrogens with zero attached hydrogens (tertiary/aromatic N) is 3. The van der Waals surface area contributed by atoms with Gasteiger partial charge in [0.1, 0.15) is 5.58 Å². The van der Waals surface area contributed by atoms with Crippen LogP contribution in [-0.4, -0.2) is 14.8 Å². The molecule has 0 saturated carbocycles. The van der Waals surface area contributed by atoms with Crippen LogP contribution in [0.5, 0.6) is 0 Å². The number of hydrogen-bond acceptors (Lipinski definition) is 6. The van der Waals surface area contributed by atoms with Gasteiger partial charge in [0.05, 0.1) is 6.26 Å². The highest BCUT2D eigenvalue weighted by molar-refractivity contribution is 7.98. The molecule has 31 heavy (non-hydrogen) atoms. The van der Waals surface area contributed by atoms with Crippen molar-refractivity contribution in [3.63, 3.8) is 0 Å². The maximum Gasteiger partial charge on any atom is 0.336 e. The highest BCUT2D eigenvalue weighted by atomic mass is 32.2. The summed E-state index contributed by atoms with van der Waals surface area (Å²) in [5.74, 6) is 2.39. The second-order valence-electron chi connectivity index (χ2n) is 7.83. The van der Waals surface area contributed by atoms with Crippen molar-refractivity contribution < 1.29 is 8.83 Å². The second kappa shape index (κ2) is 8.07. The lowest BCUT2D eigenvalue weighted by atomic mass is 10.0. The molecule has 156 valence electrons. The van der Waals surface area contributed by atoms with Gasteiger partial charge < -0.3 is 8.83 Å². The number of aromatic nitrogens is 3. The van der Waals surface area contributed by atoms with Crippen LogP contribution in [0.4, 0.5) is 0 Å². The summed E-state index contributed by atoms with van der Waals surface area (Å²) in [4.78, 5) is 12.2. The summed E-state index contributed by atoms with van der Waals surface area (Å²) >= 11 is 1.56. The fourth-order valence-corrected chi connectivity index (χ4v) is 4.72. The van der Waals surface area contributed by atoms with Gasteiger partial charge in [0.15, 0.2) is 16.7 Å². The van der Waals surface area contributed by atoms with E-state index in [0.29, 0.717) is 28.8 Å². The van der Waals surface area contributed by atoms with E-state index in [1.165, 1.54) is 0 Å². The quantitative estimate of drug-likeness (QED) is 0.194. The third-order valence-electron chi connectivity index (χ3n) is 5.08. The molecule has 0 saturated heterocycles. The van der Waals surface area contributed by atoms with Crippen LogP contribution in [0.15, 0.2) is 79.6 Å². The van der Waals surface area contributed by atoms with Crippen LogP contribution < -0.4 is 5.63 Å². The molecule has 0 spiro atoms. The molecule has 0 atom stereocenters. The smallest absolute Gasteiger partial charge is 0.336 e. The molecule has 0 radical (unpaired) electrons. The number of rotatable bonds is 6. The molecule has 0 amide bonds. The van der Waals surface area contributed by atoms with Crippen LogP contribution in [-0.2, 0) is 12.3 Å². The molecule has 5 aromatic rings. The van der Waals surface area contributed by atoms with Gasteiger partial charge in [-0.15, -0.1) is 10.2 Å². The van der Waals surface area contributed by atoms with Gasteiger partial charge in [-0.2, -0.15) is 0 Å². The molecule has 0 N–H and O–H groups in total. The molecular formula is C24H21N3O3S. The monoisotopic (exact) mass is 431 g/mol. The molecule has 0 fully saturated rings. The topological polar surface area (TPSA) is 74.1 Å². The molecule has 0 unspecified atom stereocenters. The van der Waals surface area contributed by atoms with E-state index in [0.717, 1.165) is 33.4 Å². The first-order valence-corrected chi connectivity index (χ1v) is 11.1. The SMILES string of the molecule is CC(C)Cn1c(SCc2cc(=O)oc3ccc4ccccc4c23)nnc1-c1ccco1. The highest BCUT2D eigenvalue weighted by Gasteiger charge is 2.18. The Kier molecular flexibility index (Phi) is 5.11. The van der Waals surface area contributed by atoms with Gasteiger partial charge in [0.2, 0.25) is 0 Å². The fourth-order valence-electron chi connectivity index (χ4n) is 3.79. The standard InChI is InChI=1S/C24H21N3O3S/c1-15(2)13-27-23(20-8-5-11-29-20)25-26-24(27)31-14-17-12-21(28)30-19-10-9-16-6-3-4-7-18(16)22(17)19/h3-12,15H,13-14H2,1-2H3. The summed E-state index contributed by atoms with van der Waals surface area (Å²) < 4.78 is 13.1. The molecule has 6 nitrogen and oxygen atoms in total. The number of benzene rings is 2. The Morgan fingerprint density at radius 1 is 1.06 bits per heavy atom. The van der Waals surface area contributed by atoms with Crippen molar-refractivity contribution in [2.45, 2.75) is 31.3 Å². The Morgan fingerprint density at radius 2 is 1.94 bits per heavy atom. The van der Waals surface area contributed by atoms with E-state index in [2.05, 4.69) is 40.7 Å². The lowest BCUT2D eigenvalue weighted by Gasteiger charge is -2.12. The van der Waals surface area contributed by atoms with Crippen molar-refractivity contribution in [2.24, 2.45) is 5.92 Å². The van der Waals surface area contributed by atoms with E-state index in [1.54, 1.807) is 24.1 Å². The average molecular weight is 432 g/mol. The third kappa shape index (κ3) is 3.77. The molecule has 7 heteroatoms. The predicted octanol–water partition coefficient (Wildman–Crippen LogP) is 5.75. The maximum atomic E-state index is 12.2. The third-order valence-corrected chi connectivity index (χ3v) is 6.09. The lowest BCUT2D eigenvalue weighted by Crippen LogP contribution is -2.08. The Hall–Kier alpha value is -3.32. The molecule has 3 aromatic heterocycles. The van der Waals surface area contributed by atoms with Crippen molar-refractivity contribution in [3.8, 4) is 11.6 Å². The average Bonchev–Trinajstić information content (AvgIpc) is 3.41. The Labute approximate surface area is 182 Å². The normalized spacial score (nSPS) is 11.7. The molecular weight excluding hydrogens is 410 g/mol. The zero-order valence-corrected chi connectivity index (χ0v) is 18.1. The summed E-state index contributed by atoms with van der Waals surface area (Å²) in [6.45, 7) is 5.08. The minimum atomic E-state index is -0.349. The molecule has 0 aliphatic rings. The lowest BCUT2D eigenvalue weighted by molar-refractivity contribution is 0.489. The molecule has 0 bridgehead atoms. The maximum absolute atomic E-state index is 12.2. The van der Waals surface area contributed by atoms with Crippen molar-refractivity contribution in [3.05, 3.63) is 76.8 Å². The van der Waals surface area contributed by atoms with Crippen LogP contribution in [0, 0.1) is 5.92 Å². The number of furan rings is 1. The molecule has 0 aliphatic heterocycles. The van der Waals surface area contributed by atoms with E-state index in [4.69, 9.17) is 8.83 Å². The summed E-state index contributed by atoms with van der Waals surface area (Å²) in [5.41, 5.74) is 1.17. The van der Waals surface area contributed by atoms with Gasteiger partial charge in [-0.1, -0.05) is 55.9 Å². The first-order valence-electron chi connectivity index (χ1n) is 10.1. The van der Waals surface area contributed by atoms with Crippen LogP contribution in [0.2, 0.25) is 0 Å². The Balaban J connectivity index is 1.56. The van der Waals surface area contributed by atoms with Crippen LogP contribution in [0.25, 0.3) is 33.3 Å². The first kappa shape index (κ1) is 19.6. The van der Waals surface area contributed by atoms with Gasteiger partial charge >= 0.3 is 5.63 Å². The Morgan fingerprint density at radius 3 is 2.74 bits per heavy atom. The largest absolute Gasteiger partial charge is 0.461 e. The van der Waals surface area contributed by atoms with Crippen molar-refractivity contribution in [1.82, 2.24) is 14.8 Å². The van der Waals surface area contributed by atoms with E-state index < -0.39 is 0 Å². The minimum Gasteiger partial charge on any atom is -0.461 e. The summed E-state index contributed by atoms with van der Waals surface area (Å²) in [6, 6.07) is 17.3. The molecule has 3 heterocycles. The van der Waals surface area contributed by atoms with Gasteiger partial charge in [-0.05, 0) is 40.5 Å². The van der Waals surface area contributed by atoms with Crippen molar-refractivity contribution in [1.29, 1.82) is 0 Å². The molecule has 5 rings (SSSR count). The van der Waals surface area contributed by atoms with Crippen LogP contribution >= 0.6 is 11.8 Å². The number of hydrogen-bond donors (Lipinski definition) is 0. The zero-order chi connectivity index (χ0) is 21.4. The zero-order valence-electron chi connectivity index (χ0n) is 17.2. The van der Waals surface area contributed by atoms with E-state index in [-0.39, 0.29) is 5.63 Å². The predicted molar refractivity (Wildman–Crippen MR) is 122 cm³/mol. The Bertz CT molecular complexity index is 1420. The van der Waals surface area contributed by atoms with Gasteiger partial charge in [-0.3, -0.25) is 4.57 Å². The van der Waals surface area contributed by atoms with E-state index >= 15 is 0 Å². The van der Waals surface area contributed by atoms with Gasteiger partial charge in [0.25, 0.3) is 0 Å². The molecule has 0 aliphatic carbocycles. The van der Waals surface area contributed by atoms with Crippen molar-refractivity contribution >= 4 is 33.5 Å². The van der Waals surface area contributed by atoms with Crippen LogP contribution in [0.1, 0.15) is 19.4 Å². The summed E-state index contributed by atoms with van der Waals surface area (Å²) in [7, 11) is 0. The van der Waals surface area contributed by atoms with Gasteiger partial charge in [0, 0.05) is 23.8 Å². The summed E-state index contributed by atoms with van der Waals surface area (Å²) in [6.07, 6.45) is 1.64. The fraction of sp³-hybridized carbons (Fsp3) is 0.208. The highest BCUT2D eigenvalue weighted by Crippen LogP contribution is 2.32. The van der Waals surface area contributed by atoms with Crippen LogP contribution in [0.3, 0.4) is 0 Å². The van der Waals surface area contributed by atoms with E-state index in [1.807, 2.05) is 36.4 Å². The summed E-state index contributed by atoms with van der Waals surface area (Å²) in [5, 5.41) is 12.7. The first-order chi connectivity index (χ1) is 15.1. The van der Waals surface area contributed by atoms with Crippen molar-refractivity contribution in [2.75, 3.05) is 0 Å². The number of fused-ring (bicyclic) bond motifs is 3.